The lowest BCUT2D eigenvalue weighted by atomic mass is 9.96. The van der Waals surface area contributed by atoms with Gasteiger partial charge in [-0.15, -0.1) is 0 Å². The van der Waals surface area contributed by atoms with Gasteiger partial charge in [0.1, 0.15) is 11.6 Å². The Labute approximate surface area is 151 Å². The molecule has 0 bridgehead atoms. The molecule has 4 heterocycles. The minimum absolute atomic E-state index is 0.0746. The van der Waals surface area contributed by atoms with Gasteiger partial charge in [-0.2, -0.15) is 0 Å². The Bertz CT molecular complexity index is 886. The average Bonchev–Trinajstić information content (AvgIpc) is 3.31. The first-order valence-corrected chi connectivity index (χ1v) is 8.84. The van der Waals surface area contributed by atoms with E-state index in [0.717, 1.165) is 30.9 Å². The first-order chi connectivity index (χ1) is 12.7. The van der Waals surface area contributed by atoms with Crippen LogP contribution < -0.4 is 0 Å². The van der Waals surface area contributed by atoms with Crippen LogP contribution in [-0.4, -0.2) is 43.6 Å². The molecule has 7 nitrogen and oxygen atoms in total. The number of aryl methyl sites for hydroxylation is 1. The van der Waals surface area contributed by atoms with Gasteiger partial charge in [-0.05, 0) is 31.9 Å². The first-order valence-electron chi connectivity index (χ1n) is 8.84. The monoisotopic (exact) mass is 351 g/mol. The van der Waals surface area contributed by atoms with Crippen molar-refractivity contribution in [3.63, 3.8) is 0 Å². The Kier molecular flexibility index (Phi) is 4.51. The lowest BCUT2D eigenvalue weighted by molar-refractivity contribution is 0.0693. The SMILES string of the molecule is Cc1cc(C(=O)N2CCCC(c3nccn3Cc3ccccn3)C2)no1. The number of hydrogen-bond acceptors (Lipinski definition) is 5. The highest BCUT2D eigenvalue weighted by molar-refractivity contribution is 5.92. The summed E-state index contributed by atoms with van der Waals surface area (Å²) in [6.45, 7) is 3.85. The molecule has 3 aromatic heterocycles. The summed E-state index contributed by atoms with van der Waals surface area (Å²) in [5, 5.41) is 3.86. The Morgan fingerprint density at radius 1 is 1.31 bits per heavy atom. The third-order valence-corrected chi connectivity index (χ3v) is 4.73. The van der Waals surface area contributed by atoms with Crippen molar-refractivity contribution in [3.8, 4) is 0 Å². The second-order valence-electron chi connectivity index (χ2n) is 6.65. The Balaban J connectivity index is 1.50. The second kappa shape index (κ2) is 7.11. The van der Waals surface area contributed by atoms with Crippen molar-refractivity contribution in [1.29, 1.82) is 0 Å². The molecule has 4 rings (SSSR count). The molecule has 0 radical (unpaired) electrons. The molecule has 1 aliphatic rings. The number of hydrogen-bond donors (Lipinski definition) is 0. The quantitative estimate of drug-likeness (QED) is 0.722. The zero-order chi connectivity index (χ0) is 17.9. The molecule has 1 unspecified atom stereocenters. The van der Waals surface area contributed by atoms with Crippen LogP contribution in [0.5, 0.6) is 0 Å². The van der Waals surface area contributed by atoms with Crippen molar-refractivity contribution in [3.05, 3.63) is 65.8 Å². The predicted molar refractivity (Wildman–Crippen MR) is 94.7 cm³/mol. The number of imidazole rings is 1. The summed E-state index contributed by atoms with van der Waals surface area (Å²) in [5.74, 6) is 1.78. The number of amides is 1. The number of aromatic nitrogens is 4. The third kappa shape index (κ3) is 3.37. The molecule has 0 spiro atoms. The van der Waals surface area contributed by atoms with Crippen LogP contribution in [0.4, 0.5) is 0 Å². The van der Waals surface area contributed by atoms with E-state index in [1.165, 1.54) is 0 Å². The Hall–Kier alpha value is -2.96. The van der Waals surface area contributed by atoms with Crippen molar-refractivity contribution in [2.75, 3.05) is 13.1 Å². The topological polar surface area (TPSA) is 77.1 Å². The molecule has 0 saturated carbocycles. The summed E-state index contributed by atoms with van der Waals surface area (Å²) >= 11 is 0. The minimum atomic E-state index is -0.0746. The maximum atomic E-state index is 12.7. The predicted octanol–water partition coefficient (Wildman–Crippen LogP) is 2.64. The average molecular weight is 351 g/mol. The van der Waals surface area contributed by atoms with Crippen LogP contribution in [0.15, 0.2) is 47.4 Å². The number of piperidine rings is 1. The highest BCUT2D eigenvalue weighted by atomic mass is 16.5. The van der Waals surface area contributed by atoms with Gasteiger partial charge in [0.15, 0.2) is 5.69 Å². The van der Waals surface area contributed by atoms with Crippen LogP contribution in [-0.2, 0) is 6.54 Å². The van der Waals surface area contributed by atoms with Gasteiger partial charge < -0.3 is 14.0 Å². The van der Waals surface area contributed by atoms with Crippen molar-refractivity contribution in [1.82, 2.24) is 24.6 Å². The zero-order valence-electron chi connectivity index (χ0n) is 14.7. The Morgan fingerprint density at radius 2 is 2.23 bits per heavy atom. The van der Waals surface area contributed by atoms with Crippen LogP contribution in [0.2, 0.25) is 0 Å². The number of nitrogens with zero attached hydrogens (tertiary/aromatic N) is 5. The molecule has 1 fully saturated rings. The summed E-state index contributed by atoms with van der Waals surface area (Å²) in [6, 6.07) is 7.59. The number of carbonyl (C=O) groups excluding carboxylic acids is 1. The van der Waals surface area contributed by atoms with E-state index in [2.05, 4.69) is 19.7 Å². The fourth-order valence-corrected chi connectivity index (χ4v) is 3.48. The van der Waals surface area contributed by atoms with E-state index in [-0.39, 0.29) is 11.8 Å². The van der Waals surface area contributed by atoms with Gasteiger partial charge in [0.25, 0.3) is 5.91 Å². The molecule has 1 amide bonds. The van der Waals surface area contributed by atoms with E-state index in [1.54, 1.807) is 19.2 Å². The van der Waals surface area contributed by atoms with Crippen LogP contribution >= 0.6 is 0 Å². The van der Waals surface area contributed by atoms with Gasteiger partial charge in [-0.25, -0.2) is 4.98 Å². The summed E-state index contributed by atoms with van der Waals surface area (Å²) in [6.07, 6.45) is 7.56. The van der Waals surface area contributed by atoms with Gasteiger partial charge >= 0.3 is 0 Å². The lowest BCUT2D eigenvalue weighted by Crippen LogP contribution is -2.40. The standard InChI is InChI=1S/C19H21N5O2/c1-14-11-17(22-26-14)19(25)24-9-4-5-15(12-24)18-21-8-10-23(18)13-16-6-2-3-7-20-16/h2-3,6-8,10-11,15H,4-5,9,12-13H2,1H3. The Morgan fingerprint density at radius 3 is 3.00 bits per heavy atom. The molecule has 26 heavy (non-hydrogen) atoms. The van der Waals surface area contributed by atoms with Crippen molar-refractivity contribution in [2.45, 2.75) is 32.2 Å². The molecule has 1 aliphatic heterocycles. The van der Waals surface area contributed by atoms with Crippen LogP contribution in [0, 0.1) is 6.92 Å². The van der Waals surface area contributed by atoms with E-state index in [4.69, 9.17) is 4.52 Å². The van der Waals surface area contributed by atoms with Crippen molar-refractivity contribution < 1.29 is 9.32 Å². The molecule has 0 aliphatic carbocycles. The zero-order valence-corrected chi connectivity index (χ0v) is 14.7. The van der Waals surface area contributed by atoms with E-state index in [9.17, 15) is 4.79 Å². The molecule has 1 atom stereocenters. The van der Waals surface area contributed by atoms with Crippen LogP contribution in [0.25, 0.3) is 0 Å². The molecular weight excluding hydrogens is 330 g/mol. The fourth-order valence-electron chi connectivity index (χ4n) is 3.48. The molecule has 3 aromatic rings. The molecule has 1 saturated heterocycles. The number of rotatable bonds is 4. The maximum Gasteiger partial charge on any atom is 0.276 e. The highest BCUT2D eigenvalue weighted by Gasteiger charge is 2.29. The number of carbonyl (C=O) groups is 1. The van der Waals surface area contributed by atoms with Crippen molar-refractivity contribution >= 4 is 5.91 Å². The molecule has 134 valence electrons. The number of likely N-dealkylation sites (tertiary alicyclic amines) is 1. The summed E-state index contributed by atoms with van der Waals surface area (Å²) in [4.78, 5) is 23.5. The largest absolute Gasteiger partial charge is 0.361 e. The third-order valence-electron chi connectivity index (χ3n) is 4.73. The highest BCUT2D eigenvalue weighted by Crippen LogP contribution is 2.27. The van der Waals surface area contributed by atoms with Gasteiger partial charge in [0.2, 0.25) is 0 Å². The molecule has 7 heteroatoms. The molecule has 0 aromatic carbocycles. The normalized spacial score (nSPS) is 17.4. The maximum absolute atomic E-state index is 12.7. The van der Waals surface area contributed by atoms with Crippen LogP contribution in [0.1, 0.15) is 46.5 Å². The van der Waals surface area contributed by atoms with Gasteiger partial charge in [-0.1, -0.05) is 11.2 Å². The van der Waals surface area contributed by atoms with Crippen molar-refractivity contribution in [2.24, 2.45) is 0 Å². The fraction of sp³-hybridized carbons (Fsp3) is 0.368. The number of pyridine rings is 1. The van der Waals surface area contributed by atoms with E-state index >= 15 is 0 Å². The summed E-state index contributed by atoms with van der Waals surface area (Å²) < 4.78 is 7.17. The van der Waals surface area contributed by atoms with E-state index in [0.29, 0.717) is 24.5 Å². The van der Waals surface area contributed by atoms with Gasteiger partial charge in [0, 0.05) is 43.7 Å². The summed E-state index contributed by atoms with van der Waals surface area (Å²) in [7, 11) is 0. The lowest BCUT2D eigenvalue weighted by Gasteiger charge is -2.32. The summed E-state index contributed by atoms with van der Waals surface area (Å²) in [5.41, 5.74) is 1.37. The van der Waals surface area contributed by atoms with Crippen LogP contribution in [0.3, 0.4) is 0 Å². The van der Waals surface area contributed by atoms with E-state index in [1.807, 2.05) is 35.5 Å². The molecular formula is C19H21N5O2. The second-order valence-corrected chi connectivity index (χ2v) is 6.65. The van der Waals surface area contributed by atoms with E-state index < -0.39 is 0 Å². The van der Waals surface area contributed by atoms with Gasteiger partial charge in [0.05, 0.1) is 12.2 Å². The van der Waals surface area contributed by atoms with Gasteiger partial charge in [-0.3, -0.25) is 9.78 Å². The molecule has 0 N–H and O–H groups in total. The first kappa shape index (κ1) is 16.5. The smallest absolute Gasteiger partial charge is 0.276 e. The minimum Gasteiger partial charge on any atom is -0.361 e.